The molecule has 2 atom stereocenters. The number of aromatic nitrogens is 1. The highest BCUT2D eigenvalue weighted by molar-refractivity contribution is 5.83. The number of carboxylic acid groups (broad SMARTS) is 1. The van der Waals surface area contributed by atoms with Crippen molar-refractivity contribution in [2.45, 2.75) is 6.54 Å². The normalized spacial score (nSPS) is 25.6. The summed E-state index contributed by atoms with van der Waals surface area (Å²) in [6.45, 7) is 2.70. The number of fused-ring (bicyclic) bond motifs is 2. The molecule has 0 aliphatic carbocycles. The smallest absolute Gasteiger partial charge is 0.319 e. The van der Waals surface area contributed by atoms with E-state index in [0.29, 0.717) is 19.6 Å². The van der Waals surface area contributed by atoms with Crippen LogP contribution in [0, 0.1) is 11.3 Å². The van der Waals surface area contributed by atoms with E-state index in [0.717, 1.165) is 12.1 Å². The number of carbonyl (C=O) groups is 2. The molecule has 2 fully saturated rings. The van der Waals surface area contributed by atoms with E-state index in [1.54, 1.807) is 19.0 Å². The number of carboxylic acids is 1. The van der Waals surface area contributed by atoms with Gasteiger partial charge in [-0.15, -0.1) is 0 Å². The number of rotatable bonds is 3. The quantitative estimate of drug-likeness (QED) is 0.877. The summed E-state index contributed by atoms with van der Waals surface area (Å²) in [5.74, 6) is -0.826. The minimum atomic E-state index is -0.863. The van der Waals surface area contributed by atoms with Gasteiger partial charge in [-0.1, -0.05) is 12.1 Å². The molecule has 2 amide bonds. The van der Waals surface area contributed by atoms with Crippen LogP contribution in [0.1, 0.15) is 5.56 Å². The van der Waals surface area contributed by atoms with Crippen molar-refractivity contribution in [2.24, 2.45) is 11.3 Å². The molecule has 2 aliphatic heterocycles. The zero-order chi connectivity index (χ0) is 18.5. The van der Waals surface area contributed by atoms with Crippen LogP contribution in [-0.4, -0.2) is 77.1 Å². The second kappa shape index (κ2) is 6.02. The van der Waals surface area contributed by atoms with E-state index in [4.69, 9.17) is 0 Å². The van der Waals surface area contributed by atoms with Gasteiger partial charge in [0, 0.05) is 69.8 Å². The van der Waals surface area contributed by atoms with E-state index in [9.17, 15) is 14.7 Å². The zero-order valence-electron chi connectivity index (χ0n) is 15.1. The zero-order valence-corrected chi connectivity index (χ0v) is 15.1. The molecule has 1 aromatic heterocycles. The van der Waals surface area contributed by atoms with Crippen molar-refractivity contribution < 1.29 is 14.7 Å². The van der Waals surface area contributed by atoms with Crippen molar-refractivity contribution in [1.82, 2.24) is 19.7 Å². The van der Waals surface area contributed by atoms with Gasteiger partial charge in [-0.3, -0.25) is 9.69 Å². The third-order valence-electron chi connectivity index (χ3n) is 5.84. The van der Waals surface area contributed by atoms with Crippen molar-refractivity contribution >= 4 is 22.9 Å². The van der Waals surface area contributed by atoms with Gasteiger partial charge in [-0.2, -0.15) is 0 Å². The molecule has 26 heavy (non-hydrogen) atoms. The number of hydrogen-bond acceptors (Lipinski definition) is 3. The van der Waals surface area contributed by atoms with Gasteiger partial charge in [0.15, 0.2) is 0 Å². The molecule has 7 nitrogen and oxygen atoms in total. The first-order valence-corrected chi connectivity index (χ1v) is 8.88. The first-order valence-electron chi connectivity index (χ1n) is 8.88. The SMILES string of the molecule is CN(C)C(=O)N1C[C@H]2CN(Cc3cccc4[nH]ccc34)C[C@@]2(C(=O)O)C1. The standard InChI is InChI=1S/C19H24N4O3/c1-21(2)18(26)23-10-14-9-22(11-19(14,12-23)17(24)25)8-13-4-3-5-16-15(13)6-7-20-16/h3-7,14,20H,8-12H2,1-2H3,(H,24,25)/t14-,19-/m1/s1. The molecule has 138 valence electrons. The van der Waals surface area contributed by atoms with Crippen LogP contribution in [0.5, 0.6) is 0 Å². The van der Waals surface area contributed by atoms with E-state index < -0.39 is 11.4 Å². The number of nitrogens with zero attached hydrogens (tertiary/aromatic N) is 3. The fourth-order valence-corrected chi connectivity index (χ4v) is 4.55. The molecule has 2 aliphatic rings. The molecule has 2 N–H and O–H groups in total. The maximum Gasteiger partial charge on any atom is 0.319 e. The number of aromatic amines is 1. The molecule has 0 bridgehead atoms. The Labute approximate surface area is 152 Å². The molecule has 2 aromatic rings. The van der Waals surface area contributed by atoms with Gasteiger partial charge in [0.1, 0.15) is 5.41 Å². The van der Waals surface area contributed by atoms with Gasteiger partial charge >= 0.3 is 12.0 Å². The third kappa shape index (κ3) is 2.54. The van der Waals surface area contributed by atoms with Crippen molar-refractivity contribution in [2.75, 3.05) is 40.3 Å². The summed E-state index contributed by atoms with van der Waals surface area (Å²) < 4.78 is 0. The molecule has 0 radical (unpaired) electrons. The van der Waals surface area contributed by atoms with E-state index in [-0.39, 0.29) is 18.5 Å². The second-order valence-corrected chi connectivity index (χ2v) is 7.74. The number of H-pyrrole nitrogens is 1. The highest BCUT2D eigenvalue weighted by Gasteiger charge is 2.58. The Morgan fingerprint density at radius 1 is 1.27 bits per heavy atom. The monoisotopic (exact) mass is 356 g/mol. The first kappa shape index (κ1) is 16.9. The second-order valence-electron chi connectivity index (χ2n) is 7.74. The lowest BCUT2D eigenvalue weighted by Crippen LogP contribution is -2.44. The molecule has 3 heterocycles. The van der Waals surface area contributed by atoms with Crippen molar-refractivity contribution in [3.8, 4) is 0 Å². The Hall–Kier alpha value is -2.54. The Morgan fingerprint density at radius 2 is 2.08 bits per heavy atom. The van der Waals surface area contributed by atoms with Gasteiger partial charge in [-0.25, -0.2) is 4.79 Å². The molecule has 4 rings (SSSR count). The molecule has 1 aromatic carbocycles. The average Bonchev–Trinajstić information content (AvgIpc) is 3.26. The van der Waals surface area contributed by atoms with Crippen molar-refractivity contribution in [1.29, 1.82) is 0 Å². The molecule has 0 saturated carbocycles. The summed E-state index contributed by atoms with van der Waals surface area (Å²) in [7, 11) is 3.40. The largest absolute Gasteiger partial charge is 0.481 e. The van der Waals surface area contributed by atoms with Crippen LogP contribution in [0.4, 0.5) is 4.79 Å². The number of urea groups is 1. The third-order valence-corrected chi connectivity index (χ3v) is 5.84. The van der Waals surface area contributed by atoms with E-state index >= 15 is 0 Å². The van der Waals surface area contributed by atoms with Crippen LogP contribution < -0.4 is 0 Å². The molecular weight excluding hydrogens is 332 g/mol. The Bertz CT molecular complexity index is 861. The molecule has 0 spiro atoms. The van der Waals surface area contributed by atoms with Crippen LogP contribution >= 0.6 is 0 Å². The summed E-state index contributed by atoms with van der Waals surface area (Å²) >= 11 is 0. The van der Waals surface area contributed by atoms with Crippen LogP contribution in [0.3, 0.4) is 0 Å². The van der Waals surface area contributed by atoms with E-state index in [1.807, 2.05) is 18.3 Å². The van der Waals surface area contributed by atoms with Crippen LogP contribution in [0.2, 0.25) is 0 Å². The molecule has 7 heteroatoms. The fraction of sp³-hybridized carbons (Fsp3) is 0.474. The van der Waals surface area contributed by atoms with Crippen LogP contribution in [-0.2, 0) is 11.3 Å². The predicted octanol–water partition coefficient (Wildman–Crippen LogP) is 1.67. The number of benzene rings is 1. The summed E-state index contributed by atoms with van der Waals surface area (Å²) in [5.41, 5.74) is 1.43. The fourth-order valence-electron chi connectivity index (χ4n) is 4.55. The Morgan fingerprint density at radius 3 is 2.77 bits per heavy atom. The summed E-state index contributed by atoms with van der Waals surface area (Å²) in [6.07, 6.45) is 1.93. The lowest BCUT2D eigenvalue weighted by molar-refractivity contribution is -0.148. The molecule has 0 unspecified atom stereocenters. The first-order chi connectivity index (χ1) is 12.4. The van der Waals surface area contributed by atoms with Crippen molar-refractivity contribution in [3.63, 3.8) is 0 Å². The summed E-state index contributed by atoms with van der Waals surface area (Å²) in [4.78, 5) is 33.0. The number of likely N-dealkylation sites (tertiary alicyclic amines) is 2. The van der Waals surface area contributed by atoms with Gasteiger partial charge < -0.3 is 19.9 Å². The lowest BCUT2D eigenvalue weighted by Gasteiger charge is -2.27. The lowest BCUT2D eigenvalue weighted by atomic mass is 9.81. The summed E-state index contributed by atoms with van der Waals surface area (Å²) in [5, 5.41) is 11.1. The van der Waals surface area contributed by atoms with Crippen molar-refractivity contribution in [3.05, 3.63) is 36.0 Å². The topological polar surface area (TPSA) is 79.9 Å². The maximum atomic E-state index is 12.3. The van der Waals surface area contributed by atoms with Gasteiger partial charge in [0.2, 0.25) is 0 Å². The van der Waals surface area contributed by atoms with Gasteiger partial charge in [0.25, 0.3) is 0 Å². The maximum absolute atomic E-state index is 12.3. The van der Waals surface area contributed by atoms with Crippen LogP contribution in [0.15, 0.2) is 30.5 Å². The number of carbonyl (C=O) groups excluding carboxylic acids is 1. The van der Waals surface area contributed by atoms with Crippen LogP contribution in [0.25, 0.3) is 10.9 Å². The number of hydrogen-bond donors (Lipinski definition) is 2. The van der Waals surface area contributed by atoms with E-state index in [1.165, 1.54) is 15.8 Å². The number of aliphatic carboxylic acids is 1. The highest BCUT2D eigenvalue weighted by Crippen LogP contribution is 2.43. The Kier molecular flexibility index (Phi) is 3.91. The predicted molar refractivity (Wildman–Crippen MR) is 97.8 cm³/mol. The minimum absolute atomic E-state index is 0.0330. The number of nitrogens with one attached hydrogen (secondary N) is 1. The molecule has 2 saturated heterocycles. The van der Waals surface area contributed by atoms with Gasteiger partial charge in [-0.05, 0) is 17.7 Å². The van der Waals surface area contributed by atoms with Gasteiger partial charge in [0.05, 0.1) is 0 Å². The number of amides is 2. The minimum Gasteiger partial charge on any atom is -0.481 e. The molecular formula is C19H24N4O3. The Balaban J connectivity index is 1.54. The van der Waals surface area contributed by atoms with E-state index in [2.05, 4.69) is 22.0 Å². The summed E-state index contributed by atoms with van der Waals surface area (Å²) in [6, 6.07) is 8.12. The average molecular weight is 356 g/mol. The highest BCUT2D eigenvalue weighted by atomic mass is 16.4.